The minimum atomic E-state index is 0.0642. The molecule has 1 atom stereocenters. The third-order valence-electron chi connectivity index (χ3n) is 2.68. The molecule has 1 saturated heterocycles. The van der Waals surface area contributed by atoms with Gasteiger partial charge in [-0.15, -0.1) is 0 Å². The van der Waals surface area contributed by atoms with Crippen LogP contribution in [0.15, 0.2) is 0 Å². The number of amides is 1. The average molecular weight is 199 g/mol. The summed E-state index contributed by atoms with van der Waals surface area (Å²) in [7, 11) is 5.97. The van der Waals surface area contributed by atoms with Crippen molar-refractivity contribution in [2.24, 2.45) is 0 Å². The smallest absolute Gasteiger partial charge is 0.239 e. The Balaban J connectivity index is 2.23. The predicted molar refractivity (Wildman–Crippen MR) is 57.2 cm³/mol. The van der Waals surface area contributed by atoms with Crippen molar-refractivity contribution in [3.05, 3.63) is 0 Å². The van der Waals surface area contributed by atoms with Crippen molar-refractivity contribution in [1.29, 1.82) is 0 Å². The number of carbonyl (C=O) groups is 1. The van der Waals surface area contributed by atoms with Crippen LogP contribution in [0.5, 0.6) is 0 Å². The van der Waals surface area contributed by atoms with Gasteiger partial charge in [-0.1, -0.05) is 0 Å². The Hall–Kier alpha value is -0.610. The van der Waals surface area contributed by atoms with Crippen molar-refractivity contribution in [2.45, 2.75) is 18.9 Å². The topological polar surface area (TPSA) is 35.6 Å². The van der Waals surface area contributed by atoms with E-state index >= 15 is 0 Å². The monoisotopic (exact) mass is 199 g/mol. The molecule has 4 heteroatoms. The highest BCUT2D eigenvalue weighted by Crippen LogP contribution is 2.10. The number of nitrogens with zero attached hydrogens (tertiary/aromatic N) is 2. The van der Waals surface area contributed by atoms with E-state index in [1.165, 1.54) is 0 Å². The van der Waals surface area contributed by atoms with Crippen LogP contribution in [0.4, 0.5) is 0 Å². The van der Waals surface area contributed by atoms with Crippen molar-refractivity contribution >= 4 is 5.91 Å². The molecule has 82 valence electrons. The normalized spacial score (nSPS) is 22.4. The molecule has 1 unspecified atom stereocenters. The van der Waals surface area contributed by atoms with Gasteiger partial charge in [0.15, 0.2) is 0 Å². The summed E-state index contributed by atoms with van der Waals surface area (Å²) in [4.78, 5) is 15.8. The molecule has 14 heavy (non-hydrogen) atoms. The molecular formula is C10H21N3O. The van der Waals surface area contributed by atoms with Crippen molar-refractivity contribution in [1.82, 2.24) is 15.1 Å². The van der Waals surface area contributed by atoms with Gasteiger partial charge in [-0.25, -0.2) is 0 Å². The van der Waals surface area contributed by atoms with Gasteiger partial charge < -0.3 is 15.1 Å². The molecule has 4 nitrogen and oxygen atoms in total. The van der Waals surface area contributed by atoms with Gasteiger partial charge in [-0.05, 0) is 40.5 Å². The fraction of sp³-hybridized carbons (Fsp3) is 0.900. The summed E-state index contributed by atoms with van der Waals surface area (Å²) >= 11 is 0. The van der Waals surface area contributed by atoms with Crippen LogP contribution in [0, 0.1) is 0 Å². The summed E-state index contributed by atoms with van der Waals surface area (Å²) in [6, 6.07) is 0.0642. The van der Waals surface area contributed by atoms with E-state index in [-0.39, 0.29) is 11.9 Å². The molecule has 0 aromatic heterocycles. The Morgan fingerprint density at radius 2 is 2.29 bits per heavy atom. The van der Waals surface area contributed by atoms with Crippen molar-refractivity contribution in [3.63, 3.8) is 0 Å². The highest BCUT2D eigenvalue weighted by molar-refractivity contribution is 5.83. The largest absolute Gasteiger partial charge is 0.341 e. The summed E-state index contributed by atoms with van der Waals surface area (Å²) in [5, 5.41) is 3.04. The highest BCUT2D eigenvalue weighted by atomic mass is 16.2. The molecule has 0 aromatic carbocycles. The van der Waals surface area contributed by atoms with Crippen LogP contribution in [0.25, 0.3) is 0 Å². The van der Waals surface area contributed by atoms with E-state index in [9.17, 15) is 4.79 Å². The Morgan fingerprint density at radius 1 is 1.57 bits per heavy atom. The molecule has 0 spiro atoms. The van der Waals surface area contributed by atoms with Gasteiger partial charge in [0.2, 0.25) is 5.91 Å². The van der Waals surface area contributed by atoms with E-state index in [1.807, 2.05) is 11.9 Å². The molecule has 0 aromatic rings. The summed E-state index contributed by atoms with van der Waals surface area (Å²) in [6.45, 7) is 2.86. The van der Waals surface area contributed by atoms with Crippen molar-refractivity contribution in [3.8, 4) is 0 Å². The average Bonchev–Trinajstić information content (AvgIpc) is 2.47. The maximum absolute atomic E-state index is 11.7. The van der Waals surface area contributed by atoms with Crippen LogP contribution in [0.2, 0.25) is 0 Å². The zero-order chi connectivity index (χ0) is 10.6. The van der Waals surface area contributed by atoms with E-state index in [4.69, 9.17) is 0 Å². The molecule has 1 heterocycles. The number of likely N-dealkylation sites (N-methyl/N-ethyl adjacent to an activating group) is 1. The summed E-state index contributed by atoms with van der Waals surface area (Å²) in [6.07, 6.45) is 2.02. The zero-order valence-electron chi connectivity index (χ0n) is 9.42. The predicted octanol–water partition coefficient (Wildman–Crippen LogP) is -0.242. The molecule has 1 aliphatic heterocycles. The number of likely N-dealkylation sites (tertiary alicyclic amines) is 1. The maximum Gasteiger partial charge on any atom is 0.239 e. The standard InChI is InChI=1S/C10H21N3O/c1-11-9-5-8-13(10(9)14)7-4-6-12(2)3/h9,11H,4-8H2,1-3H3. The quantitative estimate of drug-likeness (QED) is 0.664. The lowest BCUT2D eigenvalue weighted by atomic mass is 10.3. The lowest BCUT2D eigenvalue weighted by Crippen LogP contribution is -2.37. The first-order valence-corrected chi connectivity index (χ1v) is 5.26. The van der Waals surface area contributed by atoms with Crippen LogP contribution >= 0.6 is 0 Å². The molecule has 0 bridgehead atoms. The molecule has 1 rings (SSSR count). The van der Waals surface area contributed by atoms with Crippen molar-refractivity contribution in [2.75, 3.05) is 40.8 Å². The number of rotatable bonds is 5. The highest BCUT2D eigenvalue weighted by Gasteiger charge is 2.29. The van der Waals surface area contributed by atoms with Gasteiger partial charge in [0.25, 0.3) is 0 Å². The molecule has 1 fully saturated rings. The first-order chi connectivity index (χ1) is 6.65. The molecule has 1 aliphatic rings. The molecular weight excluding hydrogens is 178 g/mol. The van der Waals surface area contributed by atoms with Gasteiger partial charge >= 0.3 is 0 Å². The van der Waals surface area contributed by atoms with Gasteiger partial charge in [0.05, 0.1) is 6.04 Å². The van der Waals surface area contributed by atoms with Gasteiger partial charge in [-0.2, -0.15) is 0 Å². The summed E-state index contributed by atoms with van der Waals surface area (Å²) in [5.74, 6) is 0.270. The van der Waals surface area contributed by atoms with Gasteiger partial charge in [0, 0.05) is 13.1 Å². The van der Waals surface area contributed by atoms with Crippen LogP contribution in [0.3, 0.4) is 0 Å². The maximum atomic E-state index is 11.7. The third-order valence-corrected chi connectivity index (χ3v) is 2.68. The first kappa shape index (κ1) is 11.5. The van der Waals surface area contributed by atoms with Gasteiger partial charge in [0.1, 0.15) is 0 Å². The number of hydrogen-bond acceptors (Lipinski definition) is 3. The van der Waals surface area contributed by atoms with E-state index < -0.39 is 0 Å². The van der Waals surface area contributed by atoms with Crippen LogP contribution in [-0.2, 0) is 4.79 Å². The number of hydrogen-bond donors (Lipinski definition) is 1. The first-order valence-electron chi connectivity index (χ1n) is 5.26. The van der Waals surface area contributed by atoms with Crippen LogP contribution < -0.4 is 5.32 Å². The fourth-order valence-corrected chi connectivity index (χ4v) is 1.81. The summed E-state index contributed by atoms with van der Waals surface area (Å²) < 4.78 is 0. The molecule has 0 aliphatic carbocycles. The third kappa shape index (κ3) is 2.96. The van der Waals surface area contributed by atoms with E-state index in [2.05, 4.69) is 24.3 Å². The summed E-state index contributed by atoms with van der Waals surface area (Å²) in [5.41, 5.74) is 0. The fourth-order valence-electron chi connectivity index (χ4n) is 1.81. The Labute approximate surface area is 86.2 Å². The van der Waals surface area contributed by atoms with Crippen LogP contribution in [-0.4, -0.2) is 62.5 Å². The van der Waals surface area contributed by atoms with E-state index in [0.717, 1.165) is 32.5 Å². The lowest BCUT2D eigenvalue weighted by Gasteiger charge is -2.17. The Morgan fingerprint density at radius 3 is 2.79 bits per heavy atom. The second kappa shape index (κ2) is 5.32. The Bertz CT molecular complexity index is 194. The molecule has 0 saturated carbocycles. The van der Waals surface area contributed by atoms with Crippen LogP contribution in [0.1, 0.15) is 12.8 Å². The molecule has 1 amide bonds. The van der Waals surface area contributed by atoms with Gasteiger partial charge in [-0.3, -0.25) is 4.79 Å². The van der Waals surface area contributed by atoms with E-state index in [1.54, 1.807) is 0 Å². The van der Waals surface area contributed by atoms with Crippen molar-refractivity contribution < 1.29 is 4.79 Å². The molecule has 1 N–H and O–H groups in total. The molecule has 0 radical (unpaired) electrons. The minimum Gasteiger partial charge on any atom is -0.341 e. The second-order valence-electron chi connectivity index (χ2n) is 4.11. The van der Waals surface area contributed by atoms with E-state index in [0.29, 0.717) is 0 Å². The Kier molecular flexibility index (Phi) is 4.35. The number of carbonyl (C=O) groups excluding carboxylic acids is 1. The SMILES string of the molecule is CNC1CCN(CCCN(C)C)C1=O. The number of nitrogens with one attached hydrogen (secondary N) is 1. The second-order valence-corrected chi connectivity index (χ2v) is 4.11. The lowest BCUT2D eigenvalue weighted by molar-refractivity contribution is -0.129. The minimum absolute atomic E-state index is 0.0642. The zero-order valence-corrected chi connectivity index (χ0v) is 9.42.